The molecular weight excluding hydrogens is 554 g/mol. The Morgan fingerprint density at radius 2 is 1.77 bits per heavy atom. The Labute approximate surface area is 236 Å². The summed E-state index contributed by atoms with van der Waals surface area (Å²) in [6.07, 6.45) is 6.20. The number of oxime groups is 1. The van der Waals surface area contributed by atoms with Crippen molar-refractivity contribution in [2.45, 2.75) is 43.1 Å². The largest absolute Gasteiger partial charge is 0.387 e. The van der Waals surface area contributed by atoms with E-state index in [0.717, 1.165) is 18.0 Å². The SMILES string of the molecule is CC(=O)N1CCN(Cc2cnc(NC(=O)/C(=N/OCc3ncccn3)c3ccc(S(=O)(=O)C4CC4)cc3)s2)CC1. The van der Waals surface area contributed by atoms with Gasteiger partial charge in [0.2, 0.25) is 5.91 Å². The highest BCUT2D eigenvalue weighted by Gasteiger charge is 2.36. The molecule has 0 bridgehead atoms. The molecule has 210 valence electrons. The lowest BCUT2D eigenvalue weighted by atomic mass is 10.1. The average Bonchev–Trinajstić information content (AvgIpc) is 3.74. The first kappa shape index (κ1) is 27.8. The van der Waals surface area contributed by atoms with Crippen LogP contribution in [0.2, 0.25) is 0 Å². The van der Waals surface area contributed by atoms with Gasteiger partial charge in [-0.1, -0.05) is 17.3 Å². The maximum absolute atomic E-state index is 13.3. The van der Waals surface area contributed by atoms with E-state index < -0.39 is 15.7 Å². The Balaban J connectivity index is 1.28. The highest BCUT2D eigenvalue weighted by atomic mass is 32.2. The molecule has 2 aliphatic rings. The number of hydrogen-bond acceptors (Lipinski definition) is 11. The summed E-state index contributed by atoms with van der Waals surface area (Å²) >= 11 is 1.35. The van der Waals surface area contributed by atoms with Crippen LogP contribution in [0.5, 0.6) is 0 Å². The molecule has 0 spiro atoms. The molecule has 0 atom stereocenters. The van der Waals surface area contributed by atoms with E-state index in [2.05, 4.69) is 30.3 Å². The molecule has 2 aromatic heterocycles. The number of sulfone groups is 1. The van der Waals surface area contributed by atoms with Crippen molar-refractivity contribution in [2.24, 2.45) is 5.16 Å². The molecule has 12 nitrogen and oxygen atoms in total. The third kappa shape index (κ3) is 6.87. The zero-order chi connectivity index (χ0) is 28.1. The summed E-state index contributed by atoms with van der Waals surface area (Å²) in [5.74, 6) is -0.0762. The van der Waals surface area contributed by atoms with Gasteiger partial charge in [0.1, 0.15) is 0 Å². The summed E-state index contributed by atoms with van der Waals surface area (Å²) in [5.41, 5.74) is 0.352. The topological polar surface area (TPSA) is 147 Å². The minimum Gasteiger partial charge on any atom is -0.387 e. The molecule has 3 heterocycles. The second kappa shape index (κ2) is 12.2. The molecule has 1 aromatic carbocycles. The zero-order valence-electron chi connectivity index (χ0n) is 21.9. The fourth-order valence-corrected chi connectivity index (χ4v) is 6.70. The van der Waals surface area contributed by atoms with Crippen LogP contribution in [-0.4, -0.2) is 82.1 Å². The van der Waals surface area contributed by atoms with E-state index in [-0.39, 0.29) is 28.4 Å². The molecule has 1 saturated heterocycles. The molecule has 2 fully saturated rings. The van der Waals surface area contributed by atoms with Gasteiger partial charge < -0.3 is 9.74 Å². The summed E-state index contributed by atoms with van der Waals surface area (Å²) in [7, 11) is -3.37. The fourth-order valence-electron chi connectivity index (χ4n) is 4.19. The number of benzene rings is 1. The third-order valence-electron chi connectivity index (χ3n) is 6.57. The minimum atomic E-state index is -3.37. The molecule has 0 radical (unpaired) electrons. The first-order chi connectivity index (χ1) is 19.3. The average molecular weight is 584 g/mol. The van der Waals surface area contributed by atoms with E-state index in [4.69, 9.17) is 4.84 Å². The van der Waals surface area contributed by atoms with Crippen LogP contribution in [0.1, 0.15) is 36.0 Å². The second-order valence-electron chi connectivity index (χ2n) is 9.52. The first-order valence-electron chi connectivity index (χ1n) is 12.8. The van der Waals surface area contributed by atoms with Crippen LogP contribution in [0.15, 0.2) is 59.0 Å². The van der Waals surface area contributed by atoms with Crippen LogP contribution in [0.3, 0.4) is 0 Å². The summed E-state index contributed by atoms with van der Waals surface area (Å²) < 4.78 is 25.2. The van der Waals surface area contributed by atoms with Gasteiger partial charge in [-0.25, -0.2) is 23.4 Å². The van der Waals surface area contributed by atoms with E-state index in [0.29, 0.717) is 49.0 Å². The van der Waals surface area contributed by atoms with E-state index in [1.807, 2.05) is 4.90 Å². The number of thiazole rings is 1. The lowest BCUT2D eigenvalue weighted by Crippen LogP contribution is -2.47. The van der Waals surface area contributed by atoms with Crippen molar-refractivity contribution >= 4 is 43.8 Å². The summed E-state index contributed by atoms with van der Waals surface area (Å²) in [6, 6.07) is 7.74. The van der Waals surface area contributed by atoms with E-state index in [9.17, 15) is 18.0 Å². The van der Waals surface area contributed by atoms with Gasteiger partial charge in [0.15, 0.2) is 33.1 Å². The molecule has 1 saturated carbocycles. The Bertz CT molecular complexity index is 1480. The molecule has 0 unspecified atom stereocenters. The number of anilines is 1. The van der Waals surface area contributed by atoms with Crippen molar-refractivity contribution in [3.63, 3.8) is 0 Å². The molecular formula is C26H29N7O5S2. The number of aromatic nitrogens is 3. The van der Waals surface area contributed by atoms with Crippen LogP contribution in [-0.2, 0) is 37.4 Å². The standard InChI is InChI=1S/C26H29N7O5S2/c1-18(34)33-13-11-32(12-14-33)16-20-15-29-26(39-20)30-25(35)24(31-38-17-23-27-9-2-10-28-23)19-3-5-21(6-4-19)40(36,37)22-7-8-22/h2-6,9-10,15,22H,7-8,11-14,16-17H2,1H3,(H,29,30,35)/b31-24+. The lowest BCUT2D eigenvalue weighted by Gasteiger charge is -2.33. The molecule has 1 aliphatic heterocycles. The number of nitrogens with zero attached hydrogens (tertiary/aromatic N) is 6. The highest BCUT2D eigenvalue weighted by Crippen LogP contribution is 2.33. The second-order valence-corrected chi connectivity index (χ2v) is 12.9. The fraction of sp³-hybridized carbons (Fsp3) is 0.385. The van der Waals surface area contributed by atoms with E-state index in [1.165, 1.54) is 23.5 Å². The molecule has 40 heavy (non-hydrogen) atoms. The Kier molecular flexibility index (Phi) is 8.47. The van der Waals surface area contributed by atoms with Gasteiger partial charge in [-0.05, 0) is 31.0 Å². The van der Waals surface area contributed by atoms with Crippen molar-refractivity contribution in [3.8, 4) is 0 Å². The Morgan fingerprint density at radius 1 is 1.07 bits per heavy atom. The Morgan fingerprint density at radius 3 is 2.42 bits per heavy atom. The Hall–Kier alpha value is -3.75. The normalized spacial score (nSPS) is 16.5. The van der Waals surface area contributed by atoms with Crippen molar-refractivity contribution in [1.29, 1.82) is 0 Å². The highest BCUT2D eigenvalue weighted by molar-refractivity contribution is 7.92. The van der Waals surface area contributed by atoms with Gasteiger partial charge in [-0.15, -0.1) is 11.3 Å². The number of carbonyl (C=O) groups excluding carboxylic acids is 2. The van der Waals surface area contributed by atoms with Crippen LogP contribution in [0.25, 0.3) is 0 Å². The van der Waals surface area contributed by atoms with Crippen LogP contribution >= 0.6 is 11.3 Å². The molecule has 2 amide bonds. The van der Waals surface area contributed by atoms with Crippen molar-refractivity contribution in [3.05, 3.63) is 65.2 Å². The number of carbonyl (C=O) groups is 2. The molecule has 3 aromatic rings. The van der Waals surface area contributed by atoms with Crippen LogP contribution < -0.4 is 5.32 Å². The number of hydrogen-bond donors (Lipinski definition) is 1. The van der Waals surface area contributed by atoms with Crippen LogP contribution in [0.4, 0.5) is 5.13 Å². The maximum Gasteiger partial charge on any atom is 0.280 e. The maximum atomic E-state index is 13.3. The summed E-state index contributed by atoms with van der Waals surface area (Å²) in [6.45, 7) is 5.10. The summed E-state index contributed by atoms with van der Waals surface area (Å²) in [4.78, 5) is 48.0. The number of rotatable bonds is 10. The van der Waals surface area contributed by atoms with Gasteiger partial charge in [0, 0.05) is 68.7 Å². The number of amides is 2. The van der Waals surface area contributed by atoms with Gasteiger partial charge >= 0.3 is 0 Å². The van der Waals surface area contributed by atoms with Crippen LogP contribution in [0, 0.1) is 0 Å². The van der Waals surface area contributed by atoms with E-state index >= 15 is 0 Å². The van der Waals surface area contributed by atoms with Gasteiger partial charge in [-0.3, -0.25) is 19.8 Å². The zero-order valence-corrected chi connectivity index (χ0v) is 23.5. The first-order valence-corrected chi connectivity index (χ1v) is 15.2. The van der Waals surface area contributed by atoms with Crippen molar-refractivity contribution < 1.29 is 22.8 Å². The van der Waals surface area contributed by atoms with Gasteiger partial charge in [0.25, 0.3) is 5.91 Å². The summed E-state index contributed by atoms with van der Waals surface area (Å²) in [5, 5.41) is 6.90. The van der Waals surface area contributed by atoms with Gasteiger partial charge in [0.05, 0.1) is 10.1 Å². The monoisotopic (exact) mass is 583 g/mol. The predicted octanol–water partition coefficient (Wildman–Crippen LogP) is 2.09. The number of nitrogens with one attached hydrogen (secondary N) is 1. The molecule has 1 aliphatic carbocycles. The van der Waals surface area contributed by atoms with Crippen molar-refractivity contribution in [2.75, 3.05) is 31.5 Å². The molecule has 5 rings (SSSR count). The lowest BCUT2D eigenvalue weighted by molar-refractivity contribution is -0.130. The molecule has 14 heteroatoms. The van der Waals surface area contributed by atoms with Gasteiger partial charge in [-0.2, -0.15) is 0 Å². The third-order valence-corrected chi connectivity index (χ3v) is 9.75. The van der Waals surface area contributed by atoms with E-state index in [1.54, 1.807) is 43.7 Å². The van der Waals surface area contributed by atoms with Crippen molar-refractivity contribution in [1.82, 2.24) is 24.8 Å². The minimum absolute atomic E-state index is 0.0385. The molecule has 1 N–H and O–H groups in total. The number of piperazine rings is 1. The quantitative estimate of drug-likeness (QED) is 0.280. The predicted molar refractivity (Wildman–Crippen MR) is 148 cm³/mol. The smallest absolute Gasteiger partial charge is 0.280 e.